The Bertz CT molecular complexity index is 684. The molecular formula is C17H22N4O. The Labute approximate surface area is 131 Å². The molecule has 1 saturated heterocycles. The highest BCUT2D eigenvalue weighted by Crippen LogP contribution is 2.15. The summed E-state index contributed by atoms with van der Waals surface area (Å²) in [6.07, 6.45) is 0. The van der Waals surface area contributed by atoms with Gasteiger partial charge in [0.05, 0.1) is 5.69 Å². The predicted molar refractivity (Wildman–Crippen MR) is 86.4 cm³/mol. The van der Waals surface area contributed by atoms with E-state index in [4.69, 9.17) is 0 Å². The Morgan fingerprint density at radius 1 is 1.09 bits per heavy atom. The molecular weight excluding hydrogens is 276 g/mol. The molecule has 0 radical (unpaired) electrons. The number of benzene rings is 1. The molecule has 1 aliphatic heterocycles. The molecule has 0 atom stereocenters. The second-order valence-electron chi connectivity index (χ2n) is 6.02. The Balaban J connectivity index is 1.84. The maximum atomic E-state index is 12.6. The van der Waals surface area contributed by atoms with Gasteiger partial charge in [-0.05, 0) is 44.7 Å². The highest BCUT2D eigenvalue weighted by molar-refractivity contribution is 5.92. The van der Waals surface area contributed by atoms with Crippen molar-refractivity contribution in [3.8, 4) is 5.69 Å². The van der Waals surface area contributed by atoms with E-state index in [1.165, 1.54) is 5.56 Å². The lowest BCUT2D eigenvalue weighted by Crippen LogP contribution is -2.47. The summed E-state index contributed by atoms with van der Waals surface area (Å²) in [5, 5.41) is 4.53. The van der Waals surface area contributed by atoms with Gasteiger partial charge >= 0.3 is 0 Å². The van der Waals surface area contributed by atoms with E-state index in [0.29, 0.717) is 5.69 Å². The van der Waals surface area contributed by atoms with Gasteiger partial charge in [-0.2, -0.15) is 5.10 Å². The van der Waals surface area contributed by atoms with Gasteiger partial charge in [0, 0.05) is 31.9 Å². The molecule has 0 bridgehead atoms. The normalized spacial score (nSPS) is 16.0. The number of hydrogen-bond acceptors (Lipinski definition) is 3. The molecule has 3 rings (SSSR count). The maximum absolute atomic E-state index is 12.6. The van der Waals surface area contributed by atoms with Crippen molar-refractivity contribution in [1.82, 2.24) is 19.6 Å². The third-order valence-electron chi connectivity index (χ3n) is 4.14. The van der Waals surface area contributed by atoms with Crippen LogP contribution in [0.3, 0.4) is 0 Å². The summed E-state index contributed by atoms with van der Waals surface area (Å²) in [5.41, 5.74) is 3.68. The minimum absolute atomic E-state index is 0.0302. The molecule has 0 spiro atoms. The van der Waals surface area contributed by atoms with Gasteiger partial charge in [0.2, 0.25) is 0 Å². The van der Waals surface area contributed by atoms with E-state index in [9.17, 15) is 4.79 Å². The third kappa shape index (κ3) is 2.90. The number of amides is 1. The Kier molecular flexibility index (Phi) is 3.98. The lowest BCUT2D eigenvalue weighted by Gasteiger charge is -2.31. The van der Waals surface area contributed by atoms with Crippen LogP contribution < -0.4 is 0 Å². The number of aromatic nitrogens is 2. The largest absolute Gasteiger partial charge is 0.335 e. The first-order valence-corrected chi connectivity index (χ1v) is 7.66. The van der Waals surface area contributed by atoms with Crippen LogP contribution in [0.4, 0.5) is 0 Å². The summed E-state index contributed by atoms with van der Waals surface area (Å²) in [6, 6.07) is 10.0. The highest BCUT2D eigenvalue weighted by Gasteiger charge is 2.23. The van der Waals surface area contributed by atoms with E-state index in [1.54, 1.807) is 0 Å². The molecule has 5 heteroatoms. The van der Waals surface area contributed by atoms with E-state index < -0.39 is 0 Å². The van der Waals surface area contributed by atoms with Crippen LogP contribution in [0.1, 0.15) is 21.7 Å². The topological polar surface area (TPSA) is 41.4 Å². The summed E-state index contributed by atoms with van der Waals surface area (Å²) in [4.78, 5) is 16.7. The van der Waals surface area contributed by atoms with E-state index in [0.717, 1.165) is 37.6 Å². The van der Waals surface area contributed by atoms with Crippen molar-refractivity contribution in [3.05, 3.63) is 47.3 Å². The second kappa shape index (κ2) is 5.93. The van der Waals surface area contributed by atoms with E-state index >= 15 is 0 Å². The predicted octanol–water partition coefficient (Wildman–Crippen LogP) is 1.88. The fraction of sp³-hybridized carbons (Fsp3) is 0.412. The van der Waals surface area contributed by atoms with Gasteiger partial charge in [-0.3, -0.25) is 4.79 Å². The van der Waals surface area contributed by atoms with Crippen molar-refractivity contribution in [3.63, 3.8) is 0 Å². The molecule has 1 aliphatic rings. The van der Waals surface area contributed by atoms with Gasteiger partial charge in [0.15, 0.2) is 5.69 Å². The minimum Gasteiger partial charge on any atom is -0.335 e. The molecule has 1 fully saturated rings. The molecule has 0 saturated carbocycles. The number of hydrogen-bond donors (Lipinski definition) is 0. The molecule has 1 amide bonds. The van der Waals surface area contributed by atoms with Crippen molar-refractivity contribution >= 4 is 5.91 Å². The van der Waals surface area contributed by atoms with Crippen molar-refractivity contribution in [2.24, 2.45) is 0 Å². The summed E-state index contributed by atoms with van der Waals surface area (Å²) in [7, 11) is 2.08. The molecule has 2 heterocycles. The summed E-state index contributed by atoms with van der Waals surface area (Å²) in [6.45, 7) is 7.42. The highest BCUT2D eigenvalue weighted by atomic mass is 16.2. The maximum Gasteiger partial charge on any atom is 0.274 e. The van der Waals surface area contributed by atoms with Crippen LogP contribution in [0.15, 0.2) is 30.3 Å². The monoisotopic (exact) mass is 298 g/mol. The van der Waals surface area contributed by atoms with Crippen LogP contribution in [0.5, 0.6) is 0 Å². The molecule has 2 aromatic rings. The number of nitrogens with zero attached hydrogens (tertiary/aromatic N) is 4. The average molecular weight is 298 g/mol. The van der Waals surface area contributed by atoms with Crippen LogP contribution in [0.2, 0.25) is 0 Å². The number of piperazine rings is 1. The SMILES string of the molecule is Cc1cccc(-n2nc(C(=O)N3CCN(C)CC3)cc2C)c1. The lowest BCUT2D eigenvalue weighted by atomic mass is 10.2. The molecule has 116 valence electrons. The minimum atomic E-state index is 0.0302. The Hall–Kier alpha value is -2.14. The fourth-order valence-electron chi connectivity index (χ4n) is 2.77. The number of rotatable bonds is 2. The zero-order valence-corrected chi connectivity index (χ0v) is 13.4. The van der Waals surface area contributed by atoms with Gasteiger partial charge < -0.3 is 9.80 Å². The number of aryl methyl sites for hydroxylation is 2. The first kappa shape index (κ1) is 14.8. The molecule has 0 N–H and O–H groups in total. The van der Waals surface area contributed by atoms with Gasteiger partial charge in [-0.15, -0.1) is 0 Å². The zero-order valence-electron chi connectivity index (χ0n) is 13.4. The standard InChI is InChI=1S/C17H22N4O/c1-13-5-4-6-15(11-13)21-14(2)12-16(18-21)17(22)20-9-7-19(3)8-10-20/h4-6,11-12H,7-10H2,1-3H3. The van der Waals surface area contributed by atoms with Crippen molar-refractivity contribution in [1.29, 1.82) is 0 Å². The molecule has 1 aromatic heterocycles. The molecule has 5 nitrogen and oxygen atoms in total. The van der Waals surface area contributed by atoms with Crippen molar-refractivity contribution in [2.75, 3.05) is 33.2 Å². The molecule has 22 heavy (non-hydrogen) atoms. The van der Waals surface area contributed by atoms with Crippen LogP contribution in [-0.2, 0) is 0 Å². The fourth-order valence-corrected chi connectivity index (χ4v) is 2.77. The van der Waals surface area contributed by atoms with Crippen LogP contribution in [0.25, 0.3) is 5.69 Å². The van der Waals surface area contributed by atoms with Gasteiger partial charge in [0.1, 0.15) is 0 Å². The van der Waals surface area contributed by atoms with E-state index in [-0.39, 0.29) is 5.91 Å². The zero-order chi connectivity index (χ0) is 15.7. The van der Waals surface area contributed by atoms with Crippen molar-refractivity contribution < 1.29 is 4.79 Å². The Morgan fingerprint density at radius 2 is 1.82 bits per heavy atom. The van der Waals surface area contributed by atoms with Gasteiger partial charge in [-0.1, -0.05) is 12.1 Å². The smallest absolute Gasteiger partial charge is 0.274 e. The molecule has 0 aliphatic carbocycles. The Morgan fingerprint density at radius 3 is 2.50 bits per heavy atom. The number of carbonyl (C=O) groups excluding carboxylic acids is 1. The first-order valence-electron chi connectivity index (χ1n) is 7.66. The van der Waals surface area contributed by atoms with Gasteiger partial charge in [0.25, 0.3) is 5.91 Å². The summed E-state index contributed by atoms with van der Waals surface area (Å²) >= 11 is 0. The first-order chi connectivity index (χ1) is 10.5. The van der Waals surface area contributed by atoms with Crippen LogP contribution in [-0.4, -0.2) is 58.7 Å². The summed E-state index contributed by atoms with van der Waals surface area (Å²) < 4.78 is 1.84. The average Bonchev–Trinajstić information content (AvgIpc) is 2.89. The van der Waals surface area contributed by atoms with Crippen molar-refractivity contribution in [2.45, 2.75) is 13.8 Å². The summed E-state index contributed by atoms with van der Waals surface area (Å²) in [5.74, 6) is 0.0302. The van der Waals surface area contributed by atoms with E-state index in [2.05, 4.69) is 36.1 Å². The third-order valence-corrected chi connectivity index (χ3v) is 4.14. The van der Waals surface area contributed by atoms with Gasteiger partial charge in [-0.25, -0.2) is 4.68 Å². The lowest BCUT2D eigenvalue weighted by molar-refractivity contribution is 0.0657. The molecule has 1 aromatic carbocycles. The van der Waals surface area contributed by atoms with Crippen LogP contribution >= 0.6 is 0 Å². The second-order valence-corrected chi connectivity index (χ2v) is 6.02. The van der Waals surface area contributed by atoms with Crippen LogP contribution in [0, 0.1) is 13.8 Å². The molecule has 0 unspecified atom stereocenters. The quantitative estimate of drug-likeness (QED) is 0.850. The van der Waals surface area contributed by atoms with E-state index in [1.807, 2.05) is 34.7 Å². The number of likely N-dealkylation sites (N-methyl/N-ethyl adjacent to an activating group) is 1. The number of carbonyl (C=O) groups is 1.